The molecule has 7 nitrogen and oxygen atoms in total. The van der Waals surface area contributed by atoms with Crippen LogP contribution in [0, 0.1) is 0 Å². The number of sulfone groups is 1. The summed E-state index contributed by atoms with van der Waals surface area (Å²) >= 11 is 1.44. The van der Waals surface area contributed by atoms with Crippen molar-refractivity contribution in [2.24, 2.45) is 0 Å². The molecule has 1 aliphatic heterocycles. The monoisotopic (exact) mass is 433 g/mol. The van der Waals surface area contributed by atoms with Gasteiger partial charge in [0.15, 0.2) is 22.2 Å². The molecule has 0 radical (unpaired) electrons. The molecule has 4 rings (SSSR count). The summed E-state index contributed by atoms with van der Waals surface area (Å²) in [7, 11) is -1.48. The summed E-state index contributed by atoms with van der Waals surface area (Å²) in [5.74, 6) is 0.0897. The van der Waals surface area contributed by atoms with Crippen LogP contribution in [0.25, 0.3) is 11.0 Å². The normalized spacial score (nSPS) is 18.0. The number of carbonyl (C=O) groups is 2. The summed E-state index contributed by atoms with van der Waals surface area (Å²) in [5, 5.41) is 4.22. The number of amides is 1. The Bertz CT molecular complexity index is 1160. The highest BCUT2D eigenvalue weighted by molar-refractivity contribution is 7.91. The number of hydrogen-bond donors (Lipinski definition) is 0. The van der Waals surface area contributed by atoms with Crippen LogP contribution in [0.15, 0.2) is 45.7 Å². The topological polar surface area (TPSA) is 93.9 Å². The summed E-state index contributed by atoms with van der Waals surface area (Å²) in [4.78, 5) is 26.5. The van der Waals surface area contributed by atoms with Gasteiger partial charge in [-0.15, -0.1) is 0 Å². The third kappa shape index (κ3) is 4.06. The number of fused-ring (bicyclic) bond motifs is 1. The molecule has 1 atom stereocenters. The maximum Gasteiger partial charge on any atom is 0.260 e. The van der Waals surface area contributed by atoms with E-state index in [-0.39, 0.29) is 35.8 Å². The van der Waals surface area contributed by atoms with E-state index in [9.17, 15) is 18.0 Å². The predicted octanol–water partition coefficient (Wildman–Crippen LogP) is 2.75. The van der Waals surface area contributed by atoms with Crippen LogP contribution in [0.4, 0.5) is 0 Å². The lowest BCUT2D eigenvalue weighted by molar-refractivity contribution is -0.133. The van der Waals surface area contributed by atoms with Gasteiger partial charge in [-0.2, -0.15) is 11.3 Å². The van der Waals surface area contributed by atoms with Gasteiger partial charge in [0, 0.05) is 29.4 Å². The zero-order valence-corrected chi connectivity index (χ0v) is 17.3. The fourth-order valence-corrected chi connectivity index (χ4v) is 5.76. The standard InChI is InChI=1S/C20H19NO6S2/c1-21(14-5-7-29(24,25)12-14)19(22)10-26-15-2-3-18-16(8-15)17(9-27-18)20(23)13-4-6-28-11-13/h2-4,6,8-9,11,14H,5,7,10,12H2,1H3. The van der Waals surface area contributed by atoms with Crippen molar-refractivity contribution in [1.82, 2.24) is 4.90 Å². The lowest BCUT2D eigenvalue weighted by atomic mass is 10.1. The third-order valence-electron chi connectivity index (χ3n) is 5.08. The minimum Gasteiger partial charge on any atom is -0.484 e. The smallest absolute Gasteiger partial charge is 0.260 e. The van der Waals surface area contributed by atoms with Crippen molar-refractivity contribution in [1.29, 1.82) is 0 Å². The number of benzene rings is 1. The highest BCUT2D eigenvalue weighted by atomic mass is 32.2. The second-order valence-corrected chi connectivity index (χ2v) is 10.0. The highest BCUT2D eigenvalue weighted by Gasteiger charge is 2.32. The summed E-state index contributed by atoms with van der Waals surface area (Å²) in [5.41, 5.74) is 1.58. The first kappa shape index (κ1) is 19.7. The Hall–Kier alpha value is -2.65. The number of ether oxygens (including phenoxy) is 1. The molecule has 0 saturated carbocycles. The van der Waals surface area contributed by atoms with Crippen LogP contribution in [0.2, 0.25) is 0 Å². The highest BCUT2D eigenvalue weighted by Crippen LogP contribution is 2.28. The molecule has 1 aromatic carbocycles. The fourth-order valence-electron chi connectivity index (χ4n) is 3.35. The van der Waals surface area contributed by atoms with Crippen molar-refractivity contribution < 1.29 is 27.2 Å². The molecule has 0 spiro atoms. The largest absolute Gasteiger partial charge is 0.484 e. The van der Waals surface area contributed by atoms with E-state index in [0.717, 1.165) is 0 Å². The van der Waals surface area contributed by atoms with E-state index in [1.54, 1.807) is 36.7 Å². The molecule has 1 saturated heterocycles. The molecular formula is C20H19NO6S2. The van der Waals surface area contributed by atoms with Crippen LogP contribution in [0.5, 0.6) is 5.75 Å². The molecule has 1 fully saturated rings. The Labute approximate surface area is 171 Å². The number of hydrogen-bond acceptors (Lipinski definition) is 7. The Balaban J connectivity index is 1.46. The number of thiophene rings is 1. The van der Waals surface area contributed by atoms with Gasteiger partial charge in [0.2, 0.25) is 0 Å². The molecule has 152 valence electrons. The average Bonchev–Trinajstić information content (AvgIpc) is 3.44. The van der Waals surface area contributed by atoms with E-state index in [4.69, 9.17) is 9.15 Å². The molecule has 2 aromatic heterocycles. The van der Waals surface area contributed by atoms with Crippen LogP contribution >= 0.6 is 11.3 Å². The Morgan fingerprint density at radius 1 is 1.31 bits per heavy atom. The van der Waals surface area contributed by atoms with Crippen molar-refractivity contribution in [3.63, 3.8) is 0 Å². The minimum absolute atomic E-state index is 0.00965. The molecule has 1 amide bonds. The van der Waals surface area contributed by atoms with Gasteiger partial charge in [-0.1, -0.05) is 0 Å². The van der Waals surface area contributed by atoms with E-state index in [0.29, 0.717) is 34.3 Å². The fraction of sp³-hybridized carbons (Fsp3) is 0.300. The molecule has 0 N–H and O–H groups in total. The van der Waals surface area contributed by atoms with Gasteiger partial charge in [-0.3, -0.25) is 9.59 Å². The second kappa shape index (κ2) is 7.64. The first-order valence-electron chi connectivity index (χ1n) is 9.01. The van der Waals surface area contributed by atoms with Crippen molar-refractivity contribution in [2.75, 3.05) is 25.2 Å². The summed E-state index contributed by atoms with van der Waals surface area (Å²) in [6.07, 6.45) is 1.87. The number of furan rings is 1. The first-order chi connectivity index (χ1) is 13.8. The molecule has 3 heterocycles. The maximum absolute atomic E-state index is 12.6. The van der Waals surface area contributed by atoms with E-state index < -0.39 is 9.84 Å². The first-order valence-corrected chi connectivity index (χ1v) is 11.8. The molecule has 0 bridgehead atoms. The van der Waals surface area contributed by atoms with Crippen molar-refractivity contribution in [3.05, 3.63) is 52.4 Å². The summed E-state index contributed by atoms with van der Waals surface area (Å²) < 4.78 is 34.3. The van der Waals surface area contributed by atoms with Crippen molar-refractivity contribution >= 4 is 43.8 Å². The quantitative estimate of drug-likeness (QED) is 0.555. The van der Waals surface area contributed by atoms with Crippen LogP contribution in [-0.2, 0) is 14.6 Å². The Morgan fingerprint density at radius 2 is 2.14 bits per heavy atom. The molecule has 9 heteroatoms. The number of rotatable bonds is 6. The van der Waals surface area contributed by atoms with Crippen LogP contribution in [-0.4, -0.2) is 56.2 Å². The number of nitrogens with zero attached hydrogens (tertiary/aromatic N) is 1. The minimum atomic E-state index is -3.07. The van der Waals surface area contributed by atoms with Crippen molar-refractivity contribution in [3.8, 4) is 5.75 Å². The summed E-state index contributed by atoms with van der Waals surface area (Å²) in [6, 6.07) is 6.46. The van der Waals surface area contributed by atoms with Crippen molar-refractivity contribution in [2.45, 2.75) is 12.5 Å². The molecule has 1 unspecified atom stereocenters. The van der Waals surface area contributed by atoms with Gasteiger partial charge in [-0.05, 0) is 36.1 Å². The van der Waals surface area contributed by atoms with E-state index in [2.05, 4.69) is 0 Å². The average molecular weight is 434 g/mol. The lowest BCUT2D eigenvalue weighted by Crippen LogP contribution is -2.40. The van der Waals surface area contributed by atoms with E-state index in [1.807, 2.05) is 5.38 Å². The number of ketones is 1. The molecule has 29 heavy (non-hydrogen) atoms. The Kier molecular flexibility index (Phi) is 5.18. The molecular weight excluding hydrogens is 414 g/mol. The van der Waals surface area contributed by atoms with Gasteiger partial charge in [0.1, 0.15) is 17.6 Å². The van der Waals surface area contributed by atoms with Gasteiger partial charge in [0.25, 0.3) is 5.91 Å². The zero-order valence-electron chi connectivity index (χ0n) is 15.7. The molecule has 0 aliphatic carbocycles. The summed E-state index contributed by atoms with van der Waals surface area (Å²) in [6.45, 7) is -0.218. The van der Waals surface area contributed by atoms with Crippen LogP contribution in [0.1, 0.15) is 22.3 Å². The predicted molar refractivity (Wildman–Crippen MR) is 109 cm³/mol. The lowest BCUT2D eigenvalue weighted by Gasteiger charge is -2.23. The van der Waals surface area contributed by atoms with E-state index >= 15 is 0 Å². The van der Waals surface area contributed by atoms with Gasteiger partial charge in [-0.25, -0.2) is 8.42 Å². The van der Waals surface area contributed by atoms with E-state index in [1.165, 1.54) is 22.5 Å². The number of carbonyl (C=O) groups excluding carboxylic acids is 2. The molecule has 1 aliphatic rings. The Morgan fingerprint density at radius 3 is 2.83 bits per heavy atom. The van der Waals surface area contributed by atoms with Crippen LogP contribution < -0.4 is 4.74 Å². The maximum atomic E-state index is 12.6. The second-order valence-electron chi connectivity index (χ2n) is 7.00. The van der Waals surface area contributed by atoms with Gasteiger partial charge < -0.3 is 14.1 Å². The van der Waals surface area contributed by atoms with Gasteiger partial charge in [0.05, 0.1) is 17.1 Å². The van der Waals surface area contributed by atoms with Crippen LogP contribution in [0.3, 0.4) is 0 Å². The zero-order chi connectivity index (χ0) is 20.6. The SMILES string of the molecule is CN(C(=O)COc1ccc2occ(C(=O)c3ccsc3)c2c1)C1CCS(=O)(=O)C1. The number of likely N-dealkylation sites (N-methyl/N-ethyl adjacent to an activating group) is 1. The molecule has 3 aromatic rings. The third-order valence-corrected chi connectivity index (χ3v) is 7.52. The van der Waals surface area contributed by atoms with Gasteiger partial charge >= 0.3 is 0 Å².